The molecule has 6 nitrogen and oxygen atoms in total. The molecule has 1 saturated heterocycles. The van der Waals surface area contributed by atoms with Gasteiger partial charge in [-0.1, -0.05) is 6.07 Å². The lowest BCUT2D eigenvalue weighted by atomic mass is 10.1. The van der Waals surface area contributed by atoms with Crippen molar-refractivity contribution in [3.05, 3.63) is 34.4 Å². The van der Waals surface area contributed by atoms with Crippen molar-refractivity contribution in [2.75, 3.05) is 26.3 Å². The number of ether oxygens (including phenoxy) is 1. The maximum Gasteiger partial charge on any atom is 0.273 e. The molecule has 1 aromatic carbocycles. The van der Waals surface area contributed by atoms with E-state index in [1.165, 1.54) is 25.0 Å². The highest BCUT2D eigenvalue weighted by atomic mass is 16.6. The number of aliphatic hydroxyl groups is 1. The molecule has 0 amide bonds. The van der Waals surface area contributed by atoms with Crippen molar-refractivity contribution < 1.29 is 14.8 Å². The van der Waals surface area contributed by atoms with E-state index in [2.05, 4.69) is 4.90 Å². The Hall–Kier alpha value is -1.66. The normalized spacial score (nSPS) is 18.8. The van der Waals surface area contributed by atoms with E-state index in [9.17, 15) is 10.1 Å². The Labute approximate surface area is 124 Å². The fourth-order valence-corrected chi connectivity index (χ4v) is 2.81. The van der Waals surface area contributed by atoms with E-state index in [1.807, 2.05) is 0 Å². The molecule has 21 heavy (non-hydrogen) atoms. The van der Waals surface area contributed by atoms with Gasteiger partial charge in [0.2, 0.25) is 0 Å². The van der Waals surface area contributed by atoms with Gasteiger partial charge in [-0.3, -0.25) is 15.0 Å². The first-order valence-electron chi connectivity index (χ1n) is 7.43. The third-order valence-corrected chi connectivity index (χ3v) is 3.87. The van der Waals surface area contributed by atoms with Crippen LogP contribution in [0.25, 0.3) is 0 Å². The Morgan fingerprint density at radius 2 is 2.33 bits per heavy atom. The van der Waals surface area contributed by atoms with E-state index in [-0.39, 0.29) is 12.3 Å². The third-order valence-electron chi connectivity index (χ3n) is 3.87. The minimum Gasteiger partial charge on any atom is -0.492 e. The summed E-state index contributed by atoms with van der Waals surface area (Å²) in [5.74, 6) is 0.537. The fraction of sp³-hybridized carbons (Fsp3) is 0.600. The Balaban J connectivity index is 1.78. The summed E-state index contributed by atoms with van der Waals surface area (Å²) in [6.07, 6.45) is 4.23. The second kappa shape index (κ2) is 7.95. The Bertz CT molecular complexity index is 467. The minimum absolute atomic E-state index is 0.0505. The minimum atomic E-state index is -0.418. The average Bonchev–Trinajstić information content (AvgIpc) is 2.93. The summed E-state index contributed by atoms with van der Waals surface area (Å²) in [7, 11) is 0. The number of hydrogen-bond acceptors (Lipinski definition) is 5. The van der Waals surface area contributed by atoms with Crippen molar-refractivity contribution in [1.82, 2.24) is 4.90 Å². The third kappa shape index (κ3) is 4.68. The van der Waals surface area contributed by atoms with Crippen molar-refractivity contribution in [1.29, 1.82) is 0 Å². The standard InChI is InChI=1S/C15H22N2O4/c18-10-3-6-13-5-2-8-16(13)9-11-21-15-7-1-4-14(12-15)17(19)20/h1,4,7,12-13,18H,2-3,5-6,8-11H2. The number of nitrogens with zero attached hydrogens (tertiary/aromatic N) is 2. The van der Waals surface area contributed by atoms with Crippen LogP contribution in [-0.2, 0) is 0 Å². The maximum absolute atomic E-state index is 10.7. The van der Waals surface area contributed by atoms with Crippen LogP contribution in [0.2, 0.25) is 0 Å². The van der Waals surface area contributed by atoms with Gasteiger partial charge in [0.1, 0.15) is 12.4 Å². The van der Waals surface area contributed by atoms with Crippen LogP contribution in [0.5, 0.6) is 5.75 Å². The first-order valence-corrected chi connectivity index (χ1v) is 7.43. The molecule has 0 radical (unpaired) electrons. The van der Waals surface area contributed by atoms with E-state index in [0.717, 1.165) is 25.9 Å². The number of benzene rings is 1. The number of aliphatic hydroxyl groups excluding tert-OH is 1. The molecule has 0 spiro atoms. The summed E-state index contributed by atoms with van der Waals surface area (Å²) in [5.41, 5.74) is 0.0505. The number of non-ortho nitro benzene ring substituents is 1. The van der Waals surface area contributed by atoms with Crippen LogP contribution in [0.1, 0.15) is 25.7 Å². The molecule has 1 unspecified atom stereocenters. The average molecular weight is 294 g/mol. The summed E-state index contributed by atoms with van der Waals surface area (Å²) in [5, 5.41) is 19.6. The fourth-order valence-electron chi connectivity index (χ4n) is 2.81. The number of rotatable bonds is 8. The van der Waals surface area contributed by atoms with Gasteiger partial charge in [0.05, 0.1) is 11.0 Å². The lowest BCUT2D eigenvalue weighted by molar-refractivity contribution is -0.384. The molecule has 1 fully saturated rings. The van der Waals surface area contributed by atoms with Gasteiger partial charge in [0, 0.05) is 25.3 Å². The lowest BCUT2D eigenvalue weighted by Crippen LogP contribution is -2.33. The summed E-state index contributed by atoms with van der Waals surface area (Å²) < 4.78 is 5.62. The van der Waals surface area contributed by atoms with Gasteiger partial charge in [-0.2, -0.15) is 0 Å². The highest BCUT2D eigenvalue weighted by Crippen LogP contribution is 2.22. The zero-order valence-corrected chi connectivity index (χ0v) is 12.1. The van der Waals surface area contributed by atoms with Crippen molar-refractivity contribution in [3.8, 4) is 5.75 Å². The Kier molecular flexibility index (Phi) is 5.95. The molecule has 116 valence electrons. The smallest absolute Gasteiger partial charge is 0.273 e. The van der Waals surface area contributed by atoms with Gasteiger partial charge in [-0.25, -0.2) is 0 Å². The van der Waals surface area contributed by atoms with E-state index in [0.29, 0.717) is 18.4 Å². The molecule has 1 aliphatic rings. The molecule has 0 aromatic heterocycles. The molecule has 1 heterocycles. The zero-order valence-electron chi connectivity index (χ0n) is 12.1. The highest BCUT2D eigenvalue weighted by molar-refractivity contribution is 5.37. The number of nitro benzene ring substituents is 1. The topological polar surface area (TPSA) is 75.8 Å². The first kappa shape index (κ1) is 15.7. The largest absolute Gasteiger partial charge is 0.492 e. The zero-order chi connectivity index (χ0) is 15.1. The molecule has 1 aliphatic heterocycles. The monoisotopic (exact) mass is 294 g/mol. The maximum atomic E-state index is 10.7. The predicted molar refractivity (Wildman–Crippen MR) is 79.5 cm³/mol. The van der Waals surface area contributed by atoms with Crippen molar-refractivity contribution in [2.24, 2.45) is 0 Å². The van der Waals surface area contributed by atoms with Gasteiger partial charge >= 0.3 is 0 Å². The highest BCUT2D eigenvalue weighted by Gasteiger charge is 2.23. The Morgan fingerprint density at radius 3 is 3.10 bits per heavy atom. The molecule has 1 N–H and O–H groups in total. The quantitative estimate of drug-likeness (QED) is 0.587. The van der Waals surface area contributed by atoms with Crippen molar-refractivity contribution >= 4 is 5.69 Å². The van der Waals surface area contributed by atoms with E-state index >= 15 is 0 Å². The molecule has 1 aromatic rings. The van der Waals surface area contributed by atoms with E-state index in [4.69, 9.17) is 9.84 Å². The van der Waals surface area contributed by atoms with Gasteiger partial charge in [0.25, 0.3) is 5.69 Å². The summed E-state index contributed by atoms with van der Waals surface area (Å²) in [4.78, 5) is 12.7. The van der Waals surface area contributed by atoms with Crippen LogP contribution in [0.3, 0.4) is 0 Å². The SMILES string of the molecule is O=[N+]([O-])c1cccc(OCCN2CCCC2CCCO)c1. The van der Waals surface area contributed by atoms with E-state index in [1.54, 1.807) is 12.1 Å². The number of nitro groups is 1. The van der Waals surface area contributed by atoms with Gasteiger partial charge in [0.15, 0.2) is 0 Å². The molecule has 0 saturated carbocycles. The van der Waals surface area contributed by atoms with Crippen LogP contribution in [0, 0.1) is 10.1 Å². The van der Waals surface area contributed by atoms with Crippen LogP contribution in [0.4, 0.5) is 5.69 Å². The lowest BCUT2D eigenvalue weighted by Gasteiger charge is -2.24. The first-order chi connectivity index (χ1) is 10.2. The van der Waals surface area contributed by atoms with Crippen LogP contribution in [0.15, 0.2) is 24.3 Å². The molecular formula is C15H22N2O4. The molecule has 0 aliphatic carbocycles. The molecular weight excluding hydrogens is 272 g/mol. The van der Waals surface area contributed by atoms with Crippen molar-refractivity contribution in [2.45, 2.75) is 31.7 Å². The van der Waals surface area contributed by atoms with Crippen LogP contribution < -0.4 is 4.74 Å². The van der Waals surface area contributed by atoms with Crippen molar-refractivity contribution in [3.63, 3.8) is 0 Å². The van der Waals surface area contributed by atoms with Gasteiger partial charge in [-0.05, 0) is 38.3 Å². The molecule has 0 bridgehead atoms. The predicted octanol–water partition coefficient (Wildman–Crippen LogP) is 2.21. The van der Waals surface area contributed by atoms with E-state index < -0.39 is 4.92 Å². The molecule has 6 heteroatoms. The molecule has 2 rings (SSSR count). The summed E-state index contributed by atoms with van der Waals surface area (Å²) in [6, 6.07) is 6.81. The van der Waals surface area contributed by atoms with Crippen LogP contribution in [-0.4, -0.2) is 47.3 Å². The number of hydrogen-bond donors (Lipinski definition) is 1. The Morgan fingerprint density at radius 1 is 1.48 bits per heavy atom. The van der Waals surface area contributed by atoms with Crippen LogP contribution >= 0.6 is 0 Å². The van der Waals surface area contributed by atoms with Gasteiger partial charge < -0.3 is 9.84 Å². The second-order valence-corrected chi connectivity index (χ2v) is 5.30. The summed E-state index contributed by atoms with van der Waals surface area (Å²) in [6.45, 7) is 2.65. The summed E-state index contributed by atoms with van der Waals surface area (Å²) >= 11 is 0. The van der Waals surface area contributed by atoms with Gasteiger partial charge in [-0.15, -0.1) is 0 Å². The second-order valence-electron chi connectivity index (χ2n) is 5.30. The molecule has 1 atom stereocenters. The number of likely N-dealkylation sites (tertiary alicyclic amines) is 1.